The average molecular weight is 683 g/mol. The zero-order valence-corrected chi connectivity index (χ0v) is 29.4. The molecule has 0 amide bonds. The molecule has 0 unspecified atom stereocenters. The Morgan fingerprint density at radius 1 is 0.472 bits per heavy atom. The first-order valence-corrected chi connectivity index (χ1v) is 18.0. The second-order valence-corrected chi connectivity index (χ2v) is 14.0. The third-order valence-corrected chi connectivity index (χ3v) is 10.5. The van der Waals surface area contributed by atoms with Crippen LogP contribution in [0.25, 0.3) is 67.2 Å². The molecule has 0 spiro atoms. The van der Waals surface area contributed by atoms with Gasteiger partial charge in [0.2, 0.25) is 0 Å². The SMILES string of the molecule is CC1(C)c2ccccc2-c2ccc(N(c3ccccc3)c3ccc(-c4nc(-c5ccccc5)nc(-c5ccccc5)n4)c4oc5ccccc5c34)cc21. The Balaban J connectivity index is 1.22. The first-order valence-electron chi connectivity index (χ1n) is 18.0. The van der Waals surface area contributed by atoms with Gasteiger partial charge < -0.3 is 9.32 Å². The van der Waals surface area contributed by atoms with Crippen LogP contribution >= 0.6 is 0 Å². The molecule has 0 fully saturated rings. The lowest BCUT2D eigenvalue weighted by Crippen LogP contribution is -2.16. The highest BCUT2D eigenvalue weighted by Gasteiger charge is 2.36. The van der Waals surface area contributed by atoms with E-state index in [4.69, 9.17) is 19.4 Å². The molecule has 2 heterocycles. The van der Waals surface area contributed by atoms with Gasteiger partial charge in [-0.25, -0.2) is 15.0 Å². The lowest BCUT2D eigenvalue weighted by Gasteiger charge is -2.28. The van der Waals surface area contributed by atoms with E-state index in [1.807, 2.05) is 72.8 Å². The fraction of sp³-hybridized carbons (Fsp3) is 0.0625. The van der Waals surface area contributed by atoms with Crippen molar-refractivity contribution in [3.63, 3.8) is 0 Å². The average Bonchev–Trinajstić information content (AvgIpc) is 3.72. The highest BCUT2D eigenvalue weighted by atomic mass is 16.3. The van der Waals surface area contributed by atoms with Crippen LogP contribution in [-0.2, 0) is 5.41 Å². The van der Waals surface area contributed by atoms with Gasteiger partial charge in [-0.3, -0.25) is 0 Å². The van der Waals surface area contributed by atoms with E-state index in [2.05, 4.69) is 116 Å². The molecular weight excluding hydrogens is 649 g/mol. The number of hydrogen-bond donors (Lipinski definition) is 0. The minimum atomic E-state index is -0.141. The molecule has 1 aliphatic carbocycles. The maximum Gasteiger partial charge on any atom is 0.167 e. The lowest BCUT2D eigenvalue weighted by molar-refractivity contribution is 0.660. The molecule has 2 aromatic heterocycles. The predicted molar refractivity (Wildman–Crippen MR) is 216 cm³/mol. The van der Waals surface area contributed by atoms with Crippen LogP contribution in [0.4, 0.5) is 17.1 Å². The largest absolute Gasteiger partial charge is 0.455 e. The van der Waals surface area contributed by atoms with Gasteiger partial charge in [0.05, 0.1) is 16.6 Å². The van der Waals surface area contributed by atoms with Crippen molar-refractivity contribution >= 4 is 39.0 Å². The summed E-state index contributed by atoms with van der Waals surface area (Å²) in [6.07, 6.45) is 0. The number of aromatic nitrogens is 3. The van der Waals surface area contributed by atoms with Crippen LogP contribution in [0, 0.1) is 0 Å². The first kappa shape index (κ1) is 30.9. The smallest absolute Gasteiger partial charge is 0.167 e. The van der Waals surface area contributed by atoms with Crippen molar-refractivity contribution in [2.24, 2.45) is 0 Å². The number of anilines is 3. The zero-order chi connectivity index (χ0) is 35.5. The van der Waals surface area contributed by atoms with Crippen molar-refractivity contribution in [3.8, 4) is 45.3 Å². The summed E-state index contributed by atoms with van der Waals surface area (Å²) < 4.78 is 6.81. The van der Waals surface area contributed by atoms with Crippen molar-refractivity contribution in [1.29, 1.82) is 0 Å². The molecule has 0 radical (unpaired) electrons. The summed E-state index contributed by atoms with van der Waals surface area (Å²) in [5.74, 6) is 1.77. The first-order chi connectivity index (χ1) is 26.0. The van der Waals surface area contributed by atoms with Crippen LogP contribution in [0.15, 0.2) is 174 Å². The van der Waals surface area contributed by atoms with Crippen molar-refractivity contribution in [2.45, 2.75) is 19.3 Å². The van der Waals surface area contributed by atoms with Gasteiger partial charge in [-0.1, -0.05) is 141 Å². The van der Waals surface area contributed by atoms with Gasteiger partial charge in [0.15, 0.2) is 17.5 Å². The lowest BCUT2D eigenvalue weighted by atomic mass is 9.82. The van der Waals surface area contributed by atoms with E-state index in [9.17, 15) is 0 Å². The minimum Gasteiger partial charge on any atom is -0.455 e. The number of furan rings is 1. The van der Waals surface area contributed by atoms with Gasteiger partial charge in [-0.2, -0.15) is 0 Å². The maximum atomic E-state index is 6.81. The van der Waals surface area contributed by atoms with E-state index in [1.54, 1.807) is 0 Å². The van der Waals surface area contributed by atoms with Crippen molar-refractivity contribution in [1.82, 2.24) is 15.0 Å². The summed E-state index contributed by atoms with van der Waals surface area (Å²) in [5.41, 5.74) is 12.4. The van der Waals surface area contributed by atoms with E-state index >= 15 is 0 Å². The number of para-hydroxylation sites is 2. The van der Waals surface area contributed by atoms with Crippen LogP contribution in [0.2, 0.25) is 0 Å². The maximum absolute atomic E-state index is 6.81. The van der Waals surface area contributed by atoms with E-state index in [0.29, 0.717) is 17.5 Å². The fourth-order valence-corrected chi connectivity index (χ4v) is 7.94. The van der Waals surface area contributed by atoms with Crippen LogP contribution in [-0.4, -0.2) is 15.0 Å². The van der Waals surface area contributed by atoms with Gasteiger partial charge >= 0.3 is 0 Å². The molecular formula is C48H34N4O. The molecule has 1 aliphatic rings. The number of rotatable bonds is 6. The van der Waals surface area contributed by atoms with Gasteiger partial charge in [0.25, 0.3) is 0 Å². The second kappa shape index (κ2) is 12.1. The molecule has 0 saturated carbocycles. The van der Waals surface area contributed by atoms with Gasteiger partial charge in [-0.15, -0.1) is 0 Å². The van der Waals surface area contributed by atoms with Crippen LogP contribution in [0.3, 0.4) is 0 Å². The van der Waals surface area contributed by atoms with Crippen molar-refractivity contribution in [2.75, 3.05) is 4.90 Å². The van der Waals surface area contributed by atoms with Crippen LogP contribution < -0.4 is 4.90 Å². The molecule has 0 aliphatic heterocycles. The Hall–Kier alpha value is -6.85. The van der Waals surface area contributed by atoms with E-state index in [1.165, 1.54) is 22.3 Å². The van der Waals surface area contributed by atoms with Crippen LogP contribution in [0.1, 0.15) is 25.0 Å². The molecule has 0 saturated heterocycles. The Kier molecular flexibility index (Phi) is 7.08. The number of hydrogen-bond acceptors (Lipinski definition) is 5. The number of nitrogens with zero attached hydrogens (tertiary/aromatic N) is 4. The van der Waals surface area contributed by atoms with Crippen molar-refractivity contribution < 1.29 is 4.42 Å². The van der Waals surface area contributed by atoms with Gasteiger partial charge in [0, 0.05) is 33.3 Å². The topological polar surface area (TPSA) is 55.1 Å². The predicted octanol–water partition coefficient (Wildman–Crippen LogP) is 12.5. The summed E-state index contributed by atoms with van der Waals surface area (Å²) in [7, 11) is 0. The molecule has 0 N–H and O–H groups in total. The Morgan fingerprint density at radius 2 is 1.04 bits per heavy atom. The van der Waals surface area contributed by atoms with Crippen molar-refractivity contribution in [3.05, 3.63) is 181 Å². The van der Waals surface area contributed by atoms with Gasteiger partial charge in [-0.05, 0) is 64.7 Å². The van der Waals surface area contributed by atoms with Crippen LogP contribution in [0.5, 0.6) is 0 Å². The Labute approximate surface area is 307 Å². The standard InChI is InChI=1S/C48H34N4O/c1-48(2)39-24-14-12-22-35(39)36-27-26-34(30-40(36)48)52(33-20-10-5-11-21-33)41-29-28-38(44-43(41)37-23-13-15-25-42(37)53-44)47-50-45(31-16-6-3-7-17-31)49-46(51-47)32-18-8-4-9-19-32/h3-30H,1-2H3. The highest BCUT2D eigenvalue weighted by molar-refractivity contribution is 6.16. The summed E-state index contributed by atoms with van der Waals surface area (Å²) in [5, 5.41) is 2.02. The quantitative estimate of drug-likeness (QED) is 0.175. The molecule has 0 atom stereocenters. The monoisotopic (exact) mass is 682 g/mol. The van der Waals surface area contributed by atoms with E-state index in [0.717, 1.165) is 55.7 Å². The summed E-state index contributed by atoms with van der Waals surface area (Å²) in [6.45, 7) is 4.65. The molecule has 0 bridgehead atoms. The summed E-state index contributed by atoms with van der Waals surface area (Å²) in [6, 6.07) is 58.9. The molecule has 5 nitrogen and oxygen atoms in total. The number of benzene rings is 7. The third-order valence-electron chi connectivity index (χ3n) is 10.5. The second-order valence-electron chi connectivity index (χ2n) is 14.0. The molecule has 252 valence electrons. The normalized spacial score (nSPS) is 12.9. The molecule has 10 rings (SSSR count). The molecule has 9 aromatic rings. The summed E-state index contributed by atoms with van der Waals surface area (Å²) >= 11 is 0. The highest BCUT2D eigenvalue weighted by Crippen LogP contribution is 2.52. The summed E-state index contributed by atoms with van der Waals surface area (Å²) in [4.78, 5) is 17.5. The Morgan fingerprint density at radius 3 is 1.75 bits per heavy atom. The molecule has 7 aromatic carbocycles. The van der Waals surface area contributed by atoms with Gasteiger partial charge in [0.1, 0.15) is 11.2 Å². The van der Waals surface area contributed by atoms with E-state index < -0.39 is 0 Å². The van der Waals surface area contributed by atoms with E-state index in [-0.39, 0.29) is 5.41 Å². The minimum absolute atomic E-state index is 0.141. The molecule has 53 heavy (non-hydrogen) atoms. The fourth-order valence-electron chi connectivity index (χ4n) is 7.94. The third kappa shape index (κ3) is 5.04. The Bertz CT molecular complexity index is 2750. The molecule has 5 heteroatoms. The zero-order valence-electron chi connectivity index (χ0n) is 29.4. The number of fused-ring (bicyclic) bond motifs is 6.